The Morgan fingerprint density at radius 2 is 2.40 bits per heavy atom. The van der Waals surface area contributed by atoms with Crippen molar-refractivity contribution in [1.29, 1.82) is 0 Å². The van der Waals surface area contributed by atoms with Gasteiger partial charge in [0.2, 0.25) is 0 Å². The van der Waals surface area contributed by atoms with Crippen LogP contribution in [0.4, 0.5) is 10.1 Å². The van der Waals surface area contributed by atoms with E-state index in [0.29, 0.717) is 0 Å². The standard InChI is InChI=1S/C12H17FN2/c13-11-2-1-3-12(8-11)15-7-5-10-4-6-14-9-10/h1-3,8,10,14-15H,4-7,9H2. The van der Waals surface area contributed by atoms with Crippen LogP contribution >= 0.6 is 0 Å². The number of anilines is 1. The van der Waals surface area contributed by atoms with Crippen molar-refractivity contribution in [2.75, 3.05) is 25.0 Å². The smallest absolute Gasteiger partial charge is 0.125 e. The molecular weight excluding hydrogens is 191 g/mol. The highest BCUT2D eigenvalue weighted by atomic mass is 19.1. The van der Waals surface area contributed by atoms with Gasteiger partial charge in [-0.3, -0.25) is 0 Å². The van der Waals surface area contributed by atoms with Gasteiger partial charge in [0.05, 0.1) is 0 Å². The van der Waals surface area contributed by atoms with Crippen molar-refractivity contribution in [1.82, 2.24) is 5.32 Å². The fourth-order valence-electron chi connectivity index (χ4n) is 1.98. The number of nitrogens with one attached hydrogen (secondary N) is 2. The lowest BCUT2D eigenvalue weighted by Crippen LogP contribution is -2.12. The van der Waals surface area contributed by atoms with Crippen LogP contribution in [0, 0.1) is 11.7 Å². The molecule has 0 saturated carbocycles. The summed E-state index contributed by atoms with van der Waals surface area (Å²) < 4.78 is 12.8. The Morgan fingerprint density at radius 1 is 1.47 bits per heavy atom. The second-order valence-corrected chi connectivity index (χ2v) is 4.08. The fourth-order valence-corrected chi connectivity index (χ4v) is 1.98. The van der Waals surface area contributed by atoms with E-state index < -0.39 is 0 Å². The predicted octanol–water partition coefficient (Wildman–Crippen LogP) is 2.24. The maximum atomic E-state index is 12.8. The molecule has 1 saturated heterocycles. The molecule has 0 amide bonds. The van der Waals surface area contributed by atoms with Crippen molar-refractivity contribution in [2.45, 2.75) is 12.8 Å². The first-order chi connectivity index (χ1) is 7.34. The number of halogens is 1. The van der Waals surface area contributed by atoms with Crippen LogP contribution in [0.1, 0.15) is 12.8 Å². The molecule has 1 aliphatic heterocycles. The van der Waals surface area contributed by atoms with Gasteiger partial charge in [0.1, 0.15) is 5.82 Å². The molecule has 1 fully saturated rings. The summed E-state index contributed by atoms with van der Waals surface area (Å²) >= 11 is 0. The van der Waals surface area contributed by atoms with Gasteiger partial charge in [0.15, 0.2) is 0 Å². The lowest BCUT2D eigenvalue weighted by Gasteiger charge is -2.10. The number of benzene rings is 1. The van der Waals surface area contributed by atoms with Crippen LogP contribution in [0.5, 0.6) is 0 Å². The van der Waals surface area contributed by atoms with Crippen LogP contribution < -0.4 is 10.6 Å². The van der Waals surface area contributed by atoms with Crippen molar-refractivity contribution >= 4 is 5.69 Å². The van der Waals surface area contributed by atoms with E-state index in [1.54, 1.807) is 6.07 Å². The minimum atomic E-state index is -0.178. The quantitative estimate of drug-likeness (QED) is 0.793. The summed E-state index contributed by atoms with van der Waals surface area (Å²) in [6.45, 7) is 3.20. The monoisotopic (exact) mass is 208 g/mol. The van der Waals surface area contributed by atoms with Crippen molar-refractivity contribution in [3.8, 4) is 0 Å². The van der Waals surface area contributed by atoms with E-state index in [1.807, 2.05) is 6.07 Å². The SMILES string of the molecule is Fc1cccc(NCCC2CCNC2)c1. The Bertz CT molecular complexity index is 308. The van der Waals surface area contributed by atoms with Gasteiger partial charge in [-0.2, -0.15) is 0 Å². The zero-order valence-corrected chi connectivity index (χ0v) is 8.80. The fraction of sp³-hybridized carbons (Fsp3) is 0.500. The van der Waals surface area contributed by atoms with Crippen LogP contribution in [-0.2, 0) is 0 Å². The zero-order chi connectivity index (χ0) is 10.5. The van der Waals surface area contributed by atoms with Crippen molar-refractivity contribution < 1.29 is 4.39 Å². The second-order valence-electron chi connectivity index (χ2n) is 4.08. The Kier molecular flexibility index (Phi) is 3.56. The summed E-state index contributed by atoms with van der Waals surface area (Å²) in [5, 5.41) is 6.59. The molecule has 2 rings (SSSR count). The Labute approximate surface area is 89.9 Å². The molecule has 1 aromatic carbocycles. The number of hydrogen-bond donors (Lipinski definition) is 2. The molecule has 1 unspecified atom stereocenters. The van der Waals surface area contributed by atoms with Gasteiger partial charge in [-0.05, 0) is 50.0 Å². The number of rotatable bonds is 4. The summed E-state index contributed by atoms with van der Waals surface area (Å²) in [6.07, 6.45) is 2.42. The lowest BCUT2D eigenvalue weighted by molar-refractivity contribution is 0.549. The van der Waals surface area contributed by atoms with E-state index in [0.717, 1.165) is 37.7 Å². The van der Waals surface area contributed by atoms with Gasteiger partial charge >= 0.3 is 0 Å². The van der Waals surface area contributed by atoms with Gasteiger partial charge in [-0.15, -0.1) is 0 Å². The lowest BCUT2D eigenvalue weighted by atomic mass is 10.1. The van der Waals surface area contributed by atoms with Gasteiger partial charge in [-0.1, -0.05) is 6.07 Å². The molecule has 0 bridgehead atoms. The van der Waals surface area contributed by atoms with Crippen molar-refractivity contribution in [3.63, 3.8) is 0 Å². The highest BCUT2D eigenvalue weighted by Crippen LogP contribution is 2.13. The van der Waals surface area contributed by atoms with Crippen LogP contribution in [-0.4, -0.2) is 19.6 Å². The molecule has 1 aromatic rings. The van der Waals surface area contributed by atoms with Crippen LogP contribution in [0.3, 0.4) is 0 Å². The first-order valence-corrected chi connectivity index (χ1v) is 5.55. The van der Waals surface area contributed by atoms with Gasteiger partial charge in [-0.25, -0.2) is 4.39 Å². The third-order valence-corrected chi connectivity index (χ3v) is 2.87. The predicted molar refractivity (Wildman–Crippen MR) is 60.5 cm³/mol. The third kappa shape index (κ3) is 3.20. The van der Waals surface area contributed by atoms with Gasteiger partial charge in [0.25, 0.3) is 0 Å². The van der Waals surface area contributed by atoms with Crippen LogP contribution in [0.15, 0.2) is 24.3 Å². The minimum Gasteiger partial charge on any atom is -0.385 e. The second kappa shape index (κ2) is 5.12. The Morgan fingerprint density at radius 3 is 3.13 bits per heavy atom. The van der Waals surface area contributed by atoms with Gasteiger partial charge in [0, 0.05) is 12.2 Å². The van der Waals surface area contributed by atoms with E-state index in [9.17, 15) is 4.39 Å². The molecule has 1 atom stereocenters. The molecule has 15 heavy (non-hydrogen) atoms. The first-order valence-electron chi connectivity index (χ1n) is 5.55. The molecule has 0 aromatic heterocycles. The van der Waals surface area contributed by atoms with Crippen molar-refractivity contribution in [2.24, 2.45) is 5.92 Å². The Balaban J connectivity index is 1.73. The minimum absolute atomic E-state index is 0.178. The van der Waals surface area contributed by atoms with Crippen LogP contribution in [0.2, 0.25) is 0 Å². The molecule has 0 aliphatic carbocycles. The molecule has 82 valence electrons. The van der Waals surface area contributed by atoms with E-state index in [2.05, 4.69) is 10.6 Å². The summed E-state index contributed by atoms with van der Waals surface area (Å²) in [6, 6.07) is 6.63. The number of hydrogen-bond acceptors (Lipinski definition) is 2. The van der Waals surface area contributed by atoms with E-state index in [4.69, 9.17) is 0 Å². The topological polar surface area (TPSA) is 24.1 Å². The summed E-state index contributed by atoms with van der Waals surface area (Å²) in [7, 11) is 0. The maximum absolute atomic E-state index is 12.8. The van der Waals surface area contributed by atoms with Gasteiger partial charge < -0.3 is 10.6 Å². The third-order valence-electron chi connectivity index (χ3n) is 2.87. The molecule has 1 aliphatic rings. The molecule has 0 radical (unpaired) electrons. The largest absolute Gasteiger partial charge is 0.385 e. The van der Waals surface area contributed by atoms with Crippen LogP contribution in [0.25, 0.3) is 0 Å². The average molecular weight is 208 g/mol. The maximum Gasteiger partial charge on any atom is 0.125 e. The highest BCUT2D eigenvalue weighted by molar-refractivity contribution is 5.42. The Hall–Kier alpha value is -1.09. The molecule has 2 nitrogen and oxygen atoms in total. The molecule has 3 heteroatoms. The highest BCUT2D eigenvalue weighted by Gasteiger charge is 2.13. The van der Waals surface area contributed by atoms with Crippen molar-refractivity contribution in [3.05, 3.63) is 30.1 Å². The van der Waals surface area contributed by atoms with E-state index in [-0.39, 0.29) is 5.82 Å². The first kappa shape index (κ1) is 10.4. The zero-order valence-electron chi connectivity index (χ0n) is 8.80. The normalized spacial score (nSPS) is 20.5. The van der Waals surface area contributed by atoms with E-state index >= 15 is 0 Å². The summed E-state index contributed by atoms with van der Waals surface area (Å²) in [5.41, 5.74) is 0.876. The summed E-state index contributed by atoms with van der Waals surface area (Å²) in [5.74, 6) is 0.605. The average Bonchev–Trinajstić information content (AvgIpc) is 2.71. The molecule has 0 spiro atoms. The molecular formula is C12H17FN2. The molecule has 1 heterocycles. The molecule has 2 N–H and O–H groups in total. The van der Waals surface area contributed by atoms with E-state index in [1.165, 1.54) is 18.6 Å². The summed E-state index contributed by atoms with van der Waals surface area (Å²) in [4.78, 5) is 0.